The number of anilines is 1. The lowest BCUT2D eigenvalue weighted by atomic mass is 10.0. The lowest BCUT2D eigenvalue weighted by molar-refractivity contribution is 0.183. The largest absolute Gasteiger partial charge is 0.492 e. The maximum atomic E-state index is 5.97. The standard InChI is InChI=1S/C19H30N2O2/c1-15-13-18(20-16(2)17-7-11-22-14-17)5-6-19(15)23-12-10-21-8-3-4-9-21/h5-6,13,16-17,20H,3-4,7-12,14H2,1-2H3. The molecule has 1 N–H and O–H groups in total. The third-order valence-corrected chi connectivity index (χ3v) is 5.11. The fourth-order valence-electron chi connectivity index (χ4n) is 3.52. The lowest BCUT2D eigenvalue weighted by Gasteiger charge is -2.21. The van der Waals surface area contributed by atoms with Crippen LogP contribution in [0.3, 0.4) is 0 Å². The molecule has 2 aliphatic rings. The lowest BCUT2D eigenvalue weighted by Crippen LogP contribution is -2.26. The van der Waals surface area contributed by atoms with Crippen molar-refractivity contribution in [1.82, 2.24) is 4.90 Å². The molecule has 4 nitrogen and oxygen atoms in total. The molecule has 2 unspecified atom stereocenters. The van der Waals surface area contributed by atoms with E-state index in [0.29, 0.717) is 12.0 Å². The number of nitrogens with one attached hydrogen (secondary N) is 1. The second-order valence-electron chi connectivity index (χ2n) is 6.93. The second kappa shape index (κ2) is 8.02. The summed E-state index contributed by atoms with van der Waals surface area (Å²) in [5.41, 5.74) is 2.38. The van der Waals surface area contributed by atoms with Crippen molar-refractivity contribution in [3.8, 4) is 5.75 Å². The van der Waals surface area contributed by atoms with Crippen molar-refractivity contribution >= 4 is 5.69 Å². The Bertz CT molecular complexity index is 494. The zero-order valence-electron chi connectivity index (χ0n) is 14.5. The normalized spacial score (nSPS) is 23.1. The molecule has 1 aromatic carbocycles. The summed E-state index contributed by atoms with van der Waals surface area (Å²) >= 11 is 0. The maximum Gasteiger partial charge on any atom is 0.122 e. The second-order valence-corrected chi connectivity index (χ2v) is 6.93. The Morgan fingerprint density at radius 1 is 1.35 bits per heavy atom. The topological polar surface area (TPSA) is 33.7 Å². The molecule has 2 saturated heterocycles. The van der Waals surface area contributed by atoms with Gasteiger partial charge in [-0.05, 0) is 70.0 Å². The van der Waals surface area contributed by atoms with E-state index in [2.05, 4.69) is 42.3 Å². The number of benzene rings is 1. The van der Waals surface area contributed by atoms with Gasteiger partial charge in [-0.3, -0.25) is 4.90 Å². The van der Waals surface area contributed by atoms with Crippen molar-refractivity contribution in [2.24, 2.45) is 5.92 Å². The number of aryl methyl sites for hydroxylation is 1. The Hall–Kier alpha value is -1.26. The van der Waals surface area contributed by atoms with Gasteiger partial charge < -0.3 is 14.8 Å². The Morgan fingerprint density at radius 3 is 2.87 bits per heavy atom. The zero-order chi connectivity index (χ0) is 16.1. The Balaban J connectivity index is 1.48. The van der Waals surface area contributed by atoms with Gasteiger partial charge in [0.2, 0.25) is 0 Å². The molecular weight excluding hydrogens is 288 g/mol. The molecule has 2 fully saturated rings. The Kier molecular flexibility index (Phi) is 5.79. The number of nitrogens with zero attached hydrogens (tertiary/aromatic N) is 1. The summed E-state index contributed by atoms with van der Waals surface area (Å²) < 4.78 is 11.5. The van der Waals surface area contributed by atoms with E-state index in [1.807, 2.05) is 0 Å². The van der Waals surface area contributed by atoms with Crippen molar-refractivity contribution in [3.63, 3.8) is 0 Å². The van der Waals surface area contributed by atoms with Crippen LogP contribution in [0.2, 0.25) is 0 Å². The van der Waals surface area contributed by atoms with Gasteiger partial charge in [0.25, 0.3) is 0 Å². The van der Waals surface area contributed by atoms with Gasteiger partial charge in [0.1, 0.15) is 12.4 Å². The van der Waals surface area contributed by atoms with Crippen molar-refractivity contribution in [3.05, 3.63) is 23.8 Å². The first-order chi connectivity index (χ1) is 11.2. The van der Waals surface area contributed by atoms with E-state index in [0.717, 1.165) is 38.5 Å². The van der Waals surface area contributed by atoms with Crippen molar-refractivity contribution in [2.45, 2.75) is 39.2 Å². The first-order valence-electron chi connectivity index (χ1n) is 9.02. The highest BCUT2D eigenvalue weighted by Crippen LogP contribution is 2.25. The van der Waals surface area contributed by atoms with Gasteiger partial charge in [-0.25, -0.2) is 0 Å². The first-order valence-corrected chi connectivity index (χ1v) is 9.02. The smallest absolute Gasteiger partial charge is 0.122 e. The molecule has 2 heterocycles. The molecule has 1 aromatic rings. The van der Waals surface area contributed by atoms with Crippen LogP contribution in [0.5, 0.6) is 5.75 Å². The van der Waals surface area contributed by atoms with Crippen molar-refractivity contribution < 1.29 is 9.47 Å². The summed E-state index contributed by atoms with van der Waals surface area (Å²) in [5, 5.41) is 3.61. The van der Waals surface area contributed by atoms with Crippen LogP contribution in [0.15, 0.2) is 18.2 Å². The van der Waals surface area contributed by atoms with Crippen LogP contribution in [0.4, 0.5) is 5.69 Å². The molecule has 0 spiro atoms. The summed E-state index contributed by atoms with van der Waals surface area (Å²) in [6.45, 7) is 10.4. The summed E-state index contributed by atoms with van der Waals surface area (Å²) in [6, 6.07) is 6.86. The quantitative estimate of drug-likeness (QED) is 0.836. The number of rotatable bonds is 7. The monoisotopic (exact) mass is 318 g/mol. The van der Waals surface area contributed by atoms with Gasteiger partial charge in [-0.2, -0.15) is 0 Å². The van der Waals surface area contributed by atoms with E-state index in [-0.39, 0.29) is 0 Å². The summed E-state index contributed by atoms with van der Waals surface area (Å²) in [4.78, 5) is 2.48. The summed E-state index contributed by atoms with van der Waals surface area (Å²) in [6.07, 6.45) is 3.83. The van der Waals surface area contributed by atoms with Gasteiger partial charge in [0.05, 0.1) is 6.61 Å². The van der Waals surface area contributed by atoms with E-state index in [1.54, 1.807) is 0 Å². The molecule has 0 saturated carbocycles. The third-order valence-electron chi connectivity index (χ3n) is 5.11. The highest BCUT2D eigenvalue weighted by Gasteiger charge is 2.22. The predicted octanol–water partition coefficient (Wildman–Crippen LogP) is 3.31. The molecule has 2 aliphatic heterocycles. The first kappa shape index (κ1) is 16.6. The van der Waals surface area contributed by atoms with Gasteiger partial charge in [0.15, 0.2) is 0 Å². The van der Waals surface area contributed by atoms with Gasteiger partial charge in [-0.15, -0.1) is 0 Å². The molecule has 0 aromatic heterocycles. The van der Waals surface area contributed by atoms with Crippen LogP contribution in [0, 0.1) is 12.8 Å². The van der Waals surface area contributed by atoms with Gasteiger partial charge in [0, 0.05) is 30.8 Å². The van der Waals surface area contributed by atoms with Gasteiger partial charge in [-0.1, -0.05) is 0 Å². The summed E-state index contributed by atoms with van der Waals surface area (Å²) in [5.74, 6) is 1.62. The molecule has 2 atom stereocenters. The maximum absolute atomic E-state index is 5.97. The third kappa shape index (κ3) is 4.61. The average molecular weight is 318 g/mol. The van der Waals surface area contributed by atoms with Crippen LogP contribution < -0.4 is 10.1 Å². The molecule has 0 bridgehead atoms. The predicted molar refractivity (Wildman–Crippen MR) is 94.4 cm³/mol. The van der Waals surface area contributed by atoms with E-state index in [1.165, 1.54) is 37.2 Å². The number of ether oxygens (including phenoxy) is 2. The van der Waals surface area contributed by atoms with E-state index >= 15 is 0 Å². The van der Waals surface area contributed by atoms with Crippen LogP contribution in [0.1, 0.15) is 31.7 Å². The molecule has 0 radical (unpaired) electrons. The Labute approximate surface area is 140 Å². The van der Waals surface area contributed by atoms with Crippen LogP contribution in [-0.4, -0.2) is 50.4 Å². The zero-order valence-corrected chi connectivity index (χ0v) is 14.5. The molecule has 0 aliphatic carbocycles. The average Bonchev–Trinajstić information content (AvgIpc) is 3.22. The molecular formula is C19H30N2O2. The van der Waals surface area contributed by atoms with E-state index in [9.17, 15) is 0 Å². The highest BCUT2D eigenvalue weighted by atomic mass is 16.5. The fraction of sp³-hybridized carbons (Fsp3) is 0.684. The van der Waals surface area contributed by atoms with Crippen LogP contribution in [0.25, 0.3) is 0 Å². The number of likely N-dealkylation sites (tertiary alicyclic amines) is 1. The van der Waals surface area contributed by atoms with Crippen molar-refractivity contribution in [1.29, 1.82) is 0 Å². The molecule has 4 heteroatoms. The van der Waals surface area contributed by atoms with E-state index < -0.39 is 0 Å². The van der Waals surface area contributed by atoms with Crippen LogP contribution >= 0.6 is 0 Å². The van der Waals surface area contributed by atoms with E-state index in [4.69, 9.17) is 9.47 Å². The minimum atomic E-state index is 0.443. The highest BCUT2D eigenvalue weighted by molar-refractivity contribution is 5.51. The number of hydrogen-bond acceptors (Lipinski definition) is 4. The minimum absolute atomic E-state index is 0.443. The number of hydrogen-bond donors (Lipinski definition) is 1. The van der Waals surface area contributed by atoms with Crippen LogP contribution in [-0.2, 0) is 4.74 Å². The minimum Gasteiger partial charge on any atom is -0.492 e. The molecule has 23 heavy (non-hydrogen) atoms. The fourth-order valence-corrected chi connectivity index (χ4v) is 3.52. The molecule has 0 amide bonds. The molecule has 3 rings (SSSR count). The summed E-state index contributed by atoms with van der Waals surface area (Å²) in [7, 11) is 0. The van der Waals surface area contributed by atoms with Crippen molar-refractivity contribution in [2.75, 3.05) is 44.8 Å². The SMILES string of the molecule is Cc1cc(NC(C)C2CCOC2)ccc1OCCN1CCCC1. The Morgan fingerprint density at radius 2 is 2.17 bits per heavy atom. The van der Waals surface area contributed by atoms with Gasteiger partial charge >= 0.3 is 0 Å². The molecule has 128 valence electrons.